The van der Waals surface area contributed by atoms with Crippen LogP contribution in [0.3, 0.4) is 0 Å². The molecule has 0 atom stereocenters. The summed E-state index contributed by atoms with van der Waals surface area (Å²) in [4.78, 5) is 21.6. The van der Waals surface area contributed by atoms with Gasteiger partial charge in [0.05, 0.1) is 10.0 Å². The maximum absolute atomic E-state index is 12.7. The number of halogens is 2. The molecule has 0 amide bonds. The summed E-state index contributed by atoms with van der Waals surface area (Å²) in [5.41, 5.74) is 1.23. The fourth-order valence-corrected chi connectivity index (χ4v) is 4.14. The molecule has 0 aliphatic rings. The van der Waals surface area contributed by atoms with Crippen LogP contribution in [0.4, 0.5) is 0 Å². The quantitative estimate of drug-likeness (QED) is 0.417. The second-order valence-electron chi connectivity index (χ2n) is 6.08. The average molecular weight is 441 g/mol. The van der Waals surface area contributed by atoms with Crippen molar-refractivity contribution in [3.63, 3.8) is 0 Å². The van der Waals surface area contributed by atoms with E-state index in [2.05, 4.69) is 15.1 Å². The normalized spacial score (nSPS) is 12.1. The van der Waals surface area contributed by atoms with Crippen molar-refractivity contribution >= 4 is 45.6 Å². The molecule has 6 nitrogen and oxygen atoms in total. The van der Waals surface area contributed by atoms with E-state index in [4.69, 9.17) is 27.6 Å². The maximum atomic E-state index is 12.7. The predicted molar refractivity (Wildman–Crippen MR) is 113 cm³/mol. The lowest BCUT2D eigenvalue weighted by atomic mass is 10.2. The van der Waals surface area contributed by atoms with Crippen molar-refractivity contribution in [1.29, 1.82) is 0 Å². The molecule has 0 bridgehead atoms. The molecule has 0 saturated carbocycles. The number of fused-ring (bicyclic) bond motifs is 1. The van der Waals surface area contributed by atoms with Gasteiger partial charge in [0.2, 0.25) is 4.96 Å². The van der Waals surface area contributed by atoms with Crippen LogP contribution in [0.15, 0.2) is 64.1 Å². The Morgan fingerprint density at radius 2 is 1.90 bits per heavy atom. The van der Waals surface area contributed by atoms with Gasteiger partial charge in [0.1, 0.15) is 16.1 Å². The highest BCUT2D eigenvalue weighted by Gasteiger charge is 2.13. The molecule has 0 aliphatic heterocycles. The lowest BCUT2D eigenvalue weighted by Gasteiger charge is -2.01. The number of rotatable bonds is 3. The summed E-state index contributed by atoms with van der Waals surface area (Å²) in [7, 11) is 0. The molecule has 5 aromatic rings. The third-order valence-corrected chi connectivity index (χ3v) is 6.02. The van der Waals surface area contributed by atoms with E-state index in [1.165, 1.54) is 15.9 Å². The standard InChI is InChI=1S/C20H10Cl2N4O2S/c21-14-3-1-2-13(17(14)22)15-5-4-12(28-15)10-16-19(27)26-20(29-16)24-18(25-26)11-6-8-23-9-7-11/h1-10H/b16-10-. The van der Waals surface area contributed by atoms with Gasteiger partial charge in [-0.1, -0.05) is 40.6 Å². The Kier molecular flexibility index (Phi) is 4.43. The Morgan fingerprint density at radius 3 is 2.69 bits per heavy atom. The maximum Gasteiger partial charge on any atom is 0.291 e. The number of hydrogen-bond acceptors (Lipinski definition) is 6. The summed E-state index contributed by atoms with van der Waals surface area (Å²) in [6.45, 7) is 0. The molecule has 0 N–H and O–H groups in total. The monoisotopic (exact) mass is 440 g/mol. The first kappa shape index (κ1) is 18.1. The Hall–Kier alpha value is -3.00. The molecule has 4 aromatic heterocycles. The molecule has 0 spiro atoms. The Labute approximate surface area is 177 Å². The third-order valence-electron chi connectivity index (χ3n) is 4.24. The minimum atomic E-state index is -0.253. The van der Waals surface area contributed by atoms with Gasteiger partial charge in [-0.25, -0.2) is 0 Å². The van der Waals surface area contributed by atoms with Gasteiger partial charge in [-0.05, 0) is 36.4 Å². The van der Waals surface area contributed by atoms with Gasteiger partial charge in [0.25, 0.3) is 5.56 Å². The van der Waals surface area contributed by atoms with E-state index in [-0.39, 0.29) is 5.56 Å². The molecule has 9 heteroatoms. The fourth-order valence-electron chi connectivity index (χ4n) is 2.86. The Bertz CT molecular complexity index is 1460. The van der Waals surface area contributed by atoms with Crippen molar-refractivity contribution in [3.05, 3.63) is 85.5 Å². The molecular formula is C20H10Cl2N4O2S. The highest BCUT2D eigenvalue weighted by atomic mass is 35.5. The van der Waals surface area contributed by atoms with E-state index in [9.17, 15) is 4.79 Å². The van der Waals surface area contributed by atoms with Crippen molar-refractivity contribution in [2.45, 2.75) is 0 Å². The molecule has 1 aromatic carbocycles. The molecule has 29 heavy (non-hydrogen) atoms. The van der Waals surface area contributed by atoms with Crippen LogP contribution in [-0.2, 0) is 0 Å². The minimum absolute atomic E-state index is 0.253. The molecule has 0 saturated heterocycles. The Balaban J connectivity index is 1.54. The topological polar surface area (TPSA) is 73.3 Å². The zero-order valence-electron chi connectivity index (χ0n) is 14.5. The molecule has 5 rings (SSSR count). The Morgan fingerprint density at radius 1 is 1.07 bits per heavy atom. The predicted octanol–water partition coefficient (Wildman–Crippen LogP) is 4.33. The number of pyridine rings is 1. The van der Waals surface area contributed by atoms with E-state index in [1.807, 2.05) is 6.07 Å². The van der Waals surface area contributed by atoms with Crippen LogP contribution in [0.2, 0.25) is 10.0 Å². The lowest BCUT2D eigenvalue weighted by molar-refractivity contribution is 0.571. The molecule has 0 fully saturated rings. The smallest absolute Gasteiger partial charge is 0.291 e. The third kappa shape index (κ3) is 3.23. The average Bonchev–Trinajstić information content (AvgIpc) is 3.43. The van der Waals surface area contributed by atoms with Gasteiger partial charge in [0, 0.05) is 29.6 Å². The van der Waals surface area contributed by atoms with Crippen molar-refractivity contribution in [2.75, 3.05) is 0 Å². The second kappa shape index (κ2) is 7.11. The highest BCUT2D eigenvalue weighted by molar-refractivity contribution is 7.15. The van der Waals surface area contributed by atoms with Crippen molar-refractivity contribution < 1.29 is 4.42 Å². The molecule has 4 heterocycles. The summed E-state index contributed by atoms with van der Waals surface area (Å²) in [5.74, 6) is 1.57. The van der Waals surface area contributed by atoms with E-state index in [0.29, 0.717) is 42.4 Å². The van der Waals surface area contributed by atoms with Crippen LogP contribution in [0.1, 0.15) is 5.76 Å². The van der Waals surface area contributed by atoms with Crippen LogP contribution >= 0.6 is 34.5 Å². The number of aromatic nitrogens is 4. The molecule has 142 valence electrons. The first-order valence-corrected chi connectivity index (χ1v) is 10.0. The van der Waals surface area contributed by atoms with Gasteiger partial charge >= 0.3 is 0 Å². The van der Waals surface area contributed by atoms with Gasteiger partial charge in [-0.15, -0.1) is 5.10 Å². The zero-order chi connectivity index (χ0) is 20.0. The van der Waals surface area contributed by atoms with Crippen molar-refractivity contribution in [2.24, 2.45) is 0 Å². The van der Waals surface area contributed by atoms with Crippen LogP contribution in [0.25, 0.3) is 33.7 Å². The summed E-state index contributed by atoms with van der Waals surface area (Å²) in [5, 5.41) is 5.18. The molecular weight excluding hydrogens is 431 g/mol. The summed E-state index contributed by atoms with van der Waals surface area (Å²) < 4.78 is 7.61. The minimum Gasteiger partial charge on any atom is -0.457 e. The largest absolute Gasteiger partial charge is 0.457 e. The van der Waals surface area contributed by atoms with Gasteiger partial charge < -0.3 is 4.42 Å². The number of benzene rings is 1. The highest BCUT2D eigenvalue weighted by Crippen LogP contribution is 2.34. The van der Waals surface area contributed by atoms with E-state index in [1.54, 1.807) is 54.9 Å². The van der Waals surface area contributed by atoms with Crippen molar-refractivity contribution in [1.82, 2.24) is 19.6 Å². The van der Waals surface area contributed by atoms with Crippen LogP contribution in [-0.4, -0.2) is 19.6 Å². The van der Waals surface area contributed by atoms with E-state index < -0.39 is 0 Å². The van der Waals surface area contributed by atoms with Gasteiger partial charge in [-0.2, -0.15) is 9.50 Å². The fraction of sp³-hybridized carbons (Fsp3) is 0. The summed E-state index contributed by atoms with van der Waals surface area (Å²) in [6, 6.07) is 12.5. The van der Waals surface area contributed by atoms with Crippen molar-refractivity contribution in [3.8, 4) is 22.7 Å². The first-order valence-electron chi connectivity index (χ1n) is 8.46. The number of furan rings is 1. The number of thiazole rings is 1. The first-order chi connectivity index (χ1) is 14.1. The zero-order valence-corrected chi connectivity index (χ0v) is 16.9. The van der Waals surface area contributed by atoms with Crippen LogP contribution < -0.4 is 10.1 Å². The molecule has 0 unspecified atom stereocenters. The van der Waals surface area contributed by atoms with Gasteiger partial charge in [0.15, 0.2) is 5.82 Å². The van der Waals surface area contributed by atoms with Crippen LogP contribution in [0.5, 0.6) is 0 Å². The van der Waals surface area contributed by atoms with Gasteiger partial charge in [-0.3, -0.25) is 9.78 Å². The SMILES string of the molecule is O=c1/c(=C/c2ccc(-c3cccc(Cl)c3Cl)o2)sc2nc(-c3ccncc3)nn12. The molecule has 0 aliphatic carbocycles. The second-order valence-corrected chi connectivity index (χ2v) is 7.88. The summed E-state index contributed by atoms with van der Waals surface area (Å²) >= 11 is 13.6. The lowest BCUT2D eigenvalue weighted by Crippen LogP contribution is -2.23. The van der Waals surface area contributed by atoms with E-state index in [0.717, 1.165) is 5.56 Å². The summed E-state index contributed by atoms with van der Waals surface area (Å²) in [6.07, 6.45) is 4.97. The number of hydrogen-bond donors (Lipinski definition) is 0. The van der Waals surface area contributed by atoms with E-state index >= 15 is 0 Å². The number of nitrogens with zero attached hydrogens (tertiary/aromatic N) is 4. The van der Waals surface area contributed by atoms with Crippen LogP contribution in [0, 0.1) is 0 Å². The molecule has 0 radical (unpaired) electrons.